The topological polar surface area (TPSA) is 38.0 Å². The van der Waals surface area contributed by atoms with Gasteiger partial charge in [0.25, 0.3) is 0 Å². The molecule has 10 heavy (non-hydrogen) atoms. The van der Waals surface area contributed by atoms with E-state index in [-0.39, 0.29) is 0 Å². The molecule has 3 N–H and O–H groups in total. The number of nitrogens with two attached hydrogens (primary N) is 1. The van der Waals surface area contributed by atoms with Gasteiger partial charge in [-0.15, -0.1) is 0 Å². The predicted octanol–water partition coefficient (Wildman–Crippen LogP) is 1.09. The predicted molar refractivity (Wildman–Crippen MR) is 45.6 cm³/mol. The lowest BCUT2D eigenvalue weighted by Gasteiger charge is -2.19. The van der Waals surface area contributed by atoms with Crippen molar-refractivity contribution in [2.24, 2.45) is 11.7 Å². The standard InChI is InChI=1S/C8H18N2/c1-6(2)8(10-4)5-7(3)9/h6,8,10H,3,5,9H2,1-2,4H3. The maximum absolute atomic E-state index is 5.47. The van der Waals surface area contributed by atoms with Crippen LogP contribution in [0.25, 0.3) is 0 Å². The molecule has 0 aliphatic rings. The van der Waals surface area contributed by atoms with Crippen LogP contribution in [0.3, 0.4) is 0 Å². The van der Waals surface area contributed by atoms with Crippen LogP contribution < -0.4 is 11.1 Å². The Morgan fingerprint density at radius 2 is 2.10 bits per heavy atom. The van der Waals surface area contributed by atoms with Gasteiger partial charge in [-0.2, -0.15) is 0 Å². The van der Waals surface area contributed by atoms with Crippen LogP contribution in [0.1, 0.15) is 20.3 Å². The summed E-state index contributed by atoms with van der Waals surface area (Å²) in [5, 5.41) is 3.19. The molecule has 0 aromatic carbocycles. The van der Waals surface area contributed by atoms with Gasteiger partial charge in [0, 0.05) is 18.2 Å². The molecule has 60 valence electrons. The van der Waals surface area contributed by atoms with Gasteiger partial charge in [-0.05, 0) is 13.0 Å². The Morgan fingerprint density at radius 3 is 2.20 bits per heavy atom. The van der Waals surface area contributed by atoms with E-state index < -0.39 is 0 Å². The van der Waals surface area contributed by atoms with E-state index in [0.29, 0.717) is 12.0 Å². The molecule has 2 nitrogen and oxygen atoms in total. The largest absolute Gasteiger partial charge is 0.402 e. The van der Waals surface area contributed by atoms with Crippen LogP contribution in [-0.2, 0) is 0 Å². The van der Waals surface area contributed by atoms with E-state index in [0.717, 1.165) is 12.1 Å². The van der Waals surface area contributed by atoms with Crippen molar-refractivity contribution in [3.63, 3.8) is 0 Å². The SMILES string of the molecule is C=C(N)CC(NC)C(C)C. The zero-order chi connectivity index (χ0) is 8.15. The molecule has 0 heterocycles. The smallest absolute Gasteiger partial charge is 0.0141 e. The zero-order valence-electron chi connectivity index (χ0n) is 7.15. The molecule has 0 aliphatic carbocycles. The molecule has 0 aromatic heterocycles. The van der Waals surface area contributed by atoms with E-state index in [1.54, 1.807) is 0 Å². The first-order valence-corrected chi connectivity index (χ1v) is 3.68. The second-order valence-electron chi connectivity index (χ2n) is 3.00. The molecule has 0 saturated heterocycles. The lowest BCUT2D eigenvalue weighted by molar-refractivity contribution is 0.423. The van der Waals surface area contributed by atoms with Gasteiger partial charge in [-0.25, -0.2) is 0 Å². The van der Waals surface area contributed by atoms with Gasteiger partial charge in [-0.1, -0.05) is 20.4 Å². The van der Waals surface area contributed by atoms with Gasteiger partial charge in [0.15, 0.2) is 0 Å². The third-order valence-corrected chi connectivity index (χ3v) is 1.66. The number of rotatable bonds is 4. The molecule has 1 unspecified atom stereocenters. The van der Waals surface area contributed by atoms with Gasteiger partial charge in [0.2, 0.25) is 0 Å². The Bertz CT molecular complexity index is 108. The summed E-state index contributed by atoms with van der Waals surface area (Å²) < 4.78 is 0. The summed E-state index contributed by atoms with van der Waals surface area (Å²) in [7, 11) is 1.95. The van der Waals surface area contributed by atoms with E-state index in [2.05, 4.69) is 25.7 Å². The van der Waals surface area contributed by atoms with Crippen molar-refractivity contribution < 1.29 is 0 Å². The lowest BCUT2D eigenvalue weighted by Crippen LogP contribution is -2.31. The fourth-order valence-electron chi connectivity index (χ4n) is 0.954. The molecule has 2 heteroatoms. The van der Waals surface area contributed by atoms with Gasteiger partial charge < -0.3 is 11.1 Å². The number of hydrogen-bond donors (Lipinski definition) is 2. The van der Waals surface area contributed by atoms with Gasteiger partial charge in [0.1, 0.15) is 0 Å². The molecule has 0 bridgehead atoms. The van der Waals surface area contributed by atoms with Gasteiger partial charge >= 0.3 is 0 Å². The van der Waals surface area contributed by atoms with Crippen LogP contribution in [0, 0.1) is 5.92 Å². The molecule has 0 radical (unpaired) electrons. The Balaban J connectivity index is 3.71. The summed E-state index contributed by atoms with van der Waals surface area (Å²) in [6, 6.07) is 0.470. The summed E-state index contributed by atoms with van der Waals surface area (Å²) in [5.74, 6) is 0.616. The lowest BCUT2D eigenvalue weighted by atomic mass is 10.0. The van der Waals surface area contributed by atoms with Crippen LogP contribution in [-0.4, -0.2) is 13.1 Å². The summed E-state index contributed by atoms with van der Waals surface area (Å²) in [6.07, 6.45) is 0.869. The van der Waals surface area contributed by atoms with Crippen molar-refractivity contribution >= 4 is 0 Å². The minimum atomic E-state index is 0.470. The molecule has 0 aliphatic heterocycles. The highest BCUT2D eigenvalue weighted by molar-refractivity contribution is 4.91. The summed E-state index contributed by atoms with van der Waals surface area (Å²) in [6.45, 7) is 8.00. The molecule has 0 rings (SSSR count). The molecule has 0 spiro atoms. The fraction of sp³-hybridized carbons (Fsp3) is 0.750. The van der Waals surface area contributed by atoms with Gasteiger partial charge in [-0.3, -0.25) is 0 Å². The Hall–Kier alpha value is -0.500. The molecule has 0 amide bonds. The maximum atomic E-state index is 5.47. The molecule has 0 fully saturated rings. The minimum Gasteiger partial charge on any atom is -0.402 e. The highest BCUT2D eigenvalue weighted by Gasteiger charge is 2.09. The molecule has 0 aromatic rings. The average molecular weight is 142 g/mol. The van der Waals surface area contributed by atoms with Crippen LogP contribution in [0.4, 0.5) is 0 Å². The first-order chi connectivity index (χ1) is 4.57. The summed E-state index contributed by atoms with van der Waals surface area (Å²) >= 11 is 0. The minimum absolute atomic E-state index is 0.470. The maximum Gasteiger partial charge on any atom is 0.0141 e. The monoisotopic (exact) mass is 142 g/mol. The van der Waals surface area contributed by atoms with E-state index in [9.17, 15) is 0 Å². The van der Waals surface area contributed by atoms with Crippen LogP contribution in [0.5, 0.6) is 0 Å². The number of nitrogens with one attached hydrogen (secondary N) is 1. The van der Waals surface area contributed by atoms with E-state index >= 15 is 0 Å². The summed E-state index contributed by atoms with van der Waals surface area (Å²) in [4.78, 5) is 0. The Morgan fingerprint density at radius 1 is 1.60 bits per heavy atom. The number of hydrogen-bond acceptors (Lipinski definition) is 2. The highest BCUT2D eigenvalue weighted by Crippen LogP contribution is 2.07. The van der Waals surface area contributed by atoms with Crippen LogP contribution in [0.2, 0.25) is 0 Å². The van der Waals surface area contributed by atoms with Crippen molar-refractivity contribution in [2.45, 2.75) is 26.3 Å². The quantitative estimate of drug-likeness (QED) is 0.616. The third kappa shape index (κ3) is 3.51. The second kappa shape index (κ2) is 4.34. The van der Waals surface area contributed by atoms with Crippen molar-refractivity contribution in [1.29, 1.82) is 0 Å². The third-order valence-electron chi connectivity index (χ3n) is 1.66. The van der Waals surface area contributed by atoms with Crippen molar-refractivity contribution in [2.75, 3.05) is 7.05 Å². The average Bonchev–Trinajstić information content (AvgIpc) is 1.81. The first-order valence-electron chi connectivity index (χ1n) is 3.68. The Labute approximate surface area is 63.5 Å². The first kappa shape index (κ1) is 9.50. The van der Waals surface area contributed by atoms with Gasteiger partial charge in [0.05, 0.1) is 0 Å². The molecular weight excluding hydrogens is 124 g/mol. The van der Waals surface area contributed by atoms with Crippen LogP contribution in [0.15, 0.2) is 12.3 Å². The Kier molecular flexibility index (Phi) is 4.12. The molecule has 1 atom stereocenters. The fourth-order valence-corrected chi connectivity index (χ4v) is 0.954. The molecular formula is C8H18N2. The second-order valence-corrected chi connectivity index (χ2v) is 3.00. The van der Waals surface area contributed by atoms with E-state index in [1.165, 1.54) is 0 Å². The highest BCUT2D eigenvalue weighted by atomic mass is 14.9. The van der Waals surface area contributed by atoms with E-state index in [1.807, 2.05) is 7.05 Å². The summed E-state index contributed by atoms with van der Waals surface area (Å²) in [5.41, 5.74) is 6.23. The molecule has 0 saturated carbocycles. The van der Waals surface area contributed by atoms with Crippen LogP contribution >= 0.6 is 0 Å². The van der Waals surface area contributed by atoms with Crippen molar-refractivity contribution in [1.82, 2.24) is 5.32 Å². The van der Waals surface area contributed by atoms with Crippen molar-refractivity contribution in [3.05, 3.63) is 12.3 Å². The normalized spacial score (nSPS) is 13.6. The zero-order valence-corrected chi connectivity index (χ0v) is 7.15. The van der Waals surface area contributed by atoms with E-state index in [4.69, 9.17) is 5.73 Å². The van der Waals surface area contributed by atoms with Crippen molar-refractivity contribution in [3.8, 4) is 0 Å².